The molecule has 0 aliphatic rings. The molecular weight excluding hydrogens is 182 g/mol. The van der Waals surface area contributed by atoms with Crippen LogP contribution in [0.4, 0.5) is 0 Å². The highest BCUT2D eigenvalue weighted by Crippen LogP contribution is 2.07. The number of aromatic nitrogens is 5. The second-order valence-corrected chi connectivity index (χ2v) is 2.89. The molecule has 14 heavy (non-hydrogen) atoms. The first-order valence-electron chi connectivity index (χ1n) is 4.05. The summed E-state index contributed by atoms with van der Waals surface area (Å²) in [6.45, 7) is 0. The minimum Gasteiger partial charge on any atom is -0.289 e. The van der Waals surface area contributed by atoms with E-state index in [9.17, 15) is 4.79 Å². The number of aromatic amines is 1. The maximum Gasteiger partial charge on any atom is 0.260 e. The molecule has 0 fully saturated rings. The van der Waals surface area contributed by atoms with Crippen LogP contribution in [0.1, 0.15) is 0 Å². The number of rotatable bonds is 0. The Kier molecular flexibility index (Phi) is 1.22. The molecule has 0 saturated heterocycles. The Labute approximate surface area is 77.2 Å². The molecule has 6 heteroatoms. The molecule has 0 aliphatic heterocycles. The predicted molar refractivity (Wildman–Crippen MR) is 48.9 cm³/mol. The Bertz CT molecular complexity index is 668. The fraction of sp³-hybridized carbons (Fsp3) is 0. The van der Waals surface area contributed by atoms with E-state index in [1.54, 1.807) is 18.2 Å². The molecule has 0 unspecified atom stereocenters. The molecule has 0 saturated carbocycles. The van der Waals surface area contributed by atoms with Gasteiger partial charge in [-0.2, -0.15) is 4.52 Å². The summed E-state index contributed by atoms with van der Waals surface area (Å²) in [4.78, 5) is 14.1. The van der Waals surface area contributed by atoms with Gasteiger partial charge in [-0.05, 0) is 22.6 Å². The number of hydrogen-bond acceptors (Lipinski definition) is 4. The molecule has 68 valence electrons. The number of benzene rings is 1. The average Bonchev–Trinajstić information content (AvgIpc) is 2.66. The van der Waals surface area contributed by atoms with Crippen molar-refractivity contribution in [1.82, 2.24) is 25.0 Å². The number of nitrogens with zero attached hydrogens (tertiary/aromatic N) is 4. The minimum absolute atomic E-state index is 0.178. The summed E-state index contributed by atoms with van der Waals surface area (Å²) in [5.74, 6) is 0.355. The van der Waals surface area contributed by atoms with Crippen molar-refractivity contribution in [3.8, 4) is 0 Å². The van der Waals surface area contributed by atoms with Gasteiger partial charge in [-0.1, -0.05) is 17.2 Å². The van der Waals surface area contributed by atoms with Crippen LogP contribution in [0, 0.1) is 0 Å². The SMILES string of the molecule is O=c1[nH]c2nnnn2c2ccccc12. The first-order valence-corrected chi connectivity index (χ1v) is 4.05. The fourth-order valence-corrected chi connectivity index (χ4v) is 1.45. The van der Waals surface area contributed by atoms with Crippen molar-refractivity contribution < 1.29 is 0 Å². The van der Waals surface area contributed by atoms with E-state index in [0.717, 1.165) is 0 Å². The lowest BCUT2D eigenvalue weighted by atomic mass is 10.2. The molecule has 1 aromatic carbocycles. The number of H-pyrrole nitrogens is 1. The molecule has 0 aliphatic carbocycles. The smallest absolute Gasteiger partial charge is 0.260 e. The largest absolute Gasteiger partial charge is 0.289 e. The topological polar surface area (TPSA) is 75.9 Å². The summed E-state index contributed by atoms with van der Waals surface area (Å²) in [7, 11) is 0. The second kappa shape index (κ2) is 2.38. The van der Waals surface area contributed by atoms with Crippen LogP contribution in [-0.4, -0.2) is 25.0 Å². The van der Waals surface area contributed by atoms with Gasteiger partial charge < -0.3 is 0 Å². The van der Waals surface area contributed by atoms with Crippen molar-refractivity contribution >= 4 is 16.7 Å². The standard InChI is InChI=1S/C8H5N5O/c14-7-5-3-1-2-4-6(5)13-8(9-7)10-11-12-13/h1-4H,(H,9,10,12,14). The monoisotopic (exact) mass is 187 g/mol. The fourth-order valence-electron chi connectivity index (χ4n) is 1.45. The maximum absolute atomic E-state index is 11.5. The molecule has 2 aromatic heterocycles. The highest BCUT2D eigenvalue weighted by molar-refractivity contribution is 5.79. The Hall–Kier alpha value is -2.24. The lowest BCUT2D eigenvalue weighted by molar-refractivity contribution is 0.840. The molecule has 0 atom stereocenters. The van der Waals surface area contributed by atoms with Crippen LogP contribution in [0.3, 0.4) is 0 Å². The van der Waals surface area contributed by atoms with E-state index in [1.165, 1.54) is 4.52 Å². The zero-order chi connectivity index (χ0) is 9.54. The number of para-hydroxylation sites is 1. The van der Waals surface area contributed by atoms with Crippen molar-refractivity contribution in [2.45, 2.75) is 0 Å². The molecule has 6 nitrogen and oxygen atoms in total. The Morgan fingerprint density at radius 3 is 3.07 bits per heavy atom. The Morgan fingerprint density at radius 1 is 1.29 bits per heavy atom. The normalized spacial score (nSPS) is 11.1. The van der Waals surface area contributed by atoms with Crippen LogP contribution in [0.5, 0.6) is 0 Å². The number of fused-ring (bicyclic) bond motifs is 3. The van der Waals surface area contributed by atoms with Gasteiger partial charge in [0.15, 0.2) is 0 Å². The van der Waals surface area contributed by atoms with Gasteiger partial charge in [0, 0.05) is 0 Å². The number of nitrogens with one attached hydrogen (secondary N) is 1. The third-order valence-electron chi connectivity index (χ3n) is 2.07. The molecule has 3 rings (SSSR count). The lowest BCUT2D eigenvalue weighted by Gasteiger charge is -1.96. The predicted octanol–water partition coefficient (Wildman–Crippen LogP) is -0.0342. The van der Waals surface area contributed by atoms with E-state index in [-0.39, 0.29) is 5.56 Å². The molecule has 0 bridgehead atoms. The molecule has 0 spiro atoms. The molecular formula is C8H5N5O. The quantitative estimate of drug-likeness (QED) is 0.536. The van der Waals surface area contributed by atoms with Gasteiger partial charge in [-0.15, -0.1) is 0 Å². The van der Waals surface area contributed by atoms with Gasteiger partial charge in [0.2, 0.25) is 0 Å². The van der Waals surface area contributed by atoms with E-state index < -0.39 is 0 Å². The molecule has 2 heterocycles. The van der Waals surface area contributed by atoms with Gasteiger partial charge in [0.1, 0.15) is 0 Å². The van der Waals surface area contributed by atoms with Crippen LogP contribution in [0.15, 0.2) is 29.1 Å². The zero-order valence-corrected chi connectivity index (χ0v) is 7.01. The second-order valence-electron chi connectivity index (χ2n) is 2.89. The minimum atomic E-state index is -0.178. The van der Waals surface area contributed by atoms with E-state index in [0.29, 0.717) is 16.7 Å². The summed E-state index contributed by atoms with van der Waals surface area (Å²) in [6.07, 6.45) is 0. The number of hydrogen-bond donors (Lipinski definition) is 1. The first kappa shape index (κ1) is 7.19. The van der Waals surface area contributed by atoms with Crippen molar-refractivity contribution in [3.63, 3.8) is 0 Å². The van der Waals surface area contributed by atoms with Crippen molar-refractivity contribution in [3.05, 3.63) is 34.6 Å². The van der Waals surface area contributed by atoms with Gasteiger partial charge in [-0.25, -0.2) is 0 Å². The summed E-state index contributed by atoms with van der Waals surface area (Å²) in [6, 6.07) is 7.17. The van der Waals surface area contributed by atoms with Crippen LogP contribution in [0.2, 0.25) is 0 Å². The third-order valence-corrected chi connectivity index (χ3v) is 2.07. The van der Waals surface area contributed by atoms with E-state index >= 15 is 0 Å². The van der Waals surface area contributed by atoms with Crippen molar-refractivity contribution in [1.29, 1.82) is 0 Å². The van der Waals surface area contributed by atoms with E-state index in [4.69, 9.17) is 0 Å². The summed E-state index contributed by atoms with van der Waals surface area (Å²) < 4.78 is 1.50. The first-order chi connectivity index (χ1) is 6.86. The highest BCUT2D eigenvalue weighted by Gasteiger charge is 2.05. The highest BCUT2D eigenvalue weighted by atomic mass is 16.1. The van der Waals surface area contributed by atoms with Crippen molar-refractivity contribution in [2.75, 3.05) is 0 Å². The molecule has 3 aromatic rings. The molecule has 0 radical (unpaired) electrons. The average molecular weight is 187 g/mol. The van der Waals surface area contributed by atoms with E-state index in [1.807, 2.05) is 6.07 Å². The molecule has 0 amide bonds. The summed E-state index contributed by atoms with van der Waals surface area (Å²) in [5, 5.41) is 11.5. The Balaban J connectivity index is 2.74. The van der Waals surface area contributed by atoms with E-state index in [2.05, 4.69) is 20.5 Å². The van der Waals surface area contributed by atoms with Crippen LogP contribution in [-0.2, 0) is 0 Å². The van der Waals surface area contributed by atoms with Crippen molar-refractivity contribution in [2.24, 2.45) is 0 Å². The third kappa shape index (κ3) is 0.792. The lowest BCUT2D eigenvalue weighted by Crippen LogP contribution is -2.10. The van der Waals surface area contributed by atoms with Crippen LogP contribution in [0.25, 0.3) is 16.7 Å². The number of tetrazole rings is 1. The Morgan fingerprint density at radius 2 is 2.14 bits per heavy atom. The van der Waals surface area contributed by atoms with Gasteiger partial charge in [0.05, 0.1) is 10.9 Å². The maximum atomic E-state index is 11.5. The van der Waals surface area contributed by atoms with Gasteiger partial charge >= 0.3 is 0 Å². The van der Waals surface area contributed by atoms with Crippen LogP contribution >= 0.6 is 0 Å². The zero-order valence-electron chi connectivity index (χ0n) is 7.01. The van der Waals surface area contributed by atoms with Crippen LogP contribution < -0.4 is 5.56 Å². The summed E-state index contributed by atoms with van der Waals surface area (Å²) in [5.41, 5.74) is 0.527. The summed E-state index contributed by atoms with van der Waals surface area (Å²) >= 11 is 0. The molecule has 1 N–H and O–H groups in total. The van der Waals surface area contributed by atoms with Gasteiger partial charge in [0.25, 0.3) is 11.3 Å². The van der Waals surface area contributed by atoms with Gasteiger partial charge in [-0.3, -0.25) is 9.78 Å².